The van der Waals surface area contributed by atoms with Gasteiger partial charge in [0, 0.05) is 45.6 Å². The van der Waals surface area contributed by atoms with Gasteiger partial charge in [0.25, 0.3) is 0 Å². The highest BCUT2D eigenvalue weighted by Gasteiger charge is 2.16. The van der Waals surface area contributed by atoms with Crippen molar-refractivity contribution in [1.82, 2.24) is 9.88 Å². The summed E-state index contributed by atoms with van der Waals surface area (Å²) in [5.41, 5.74) is 1.67. The van der Waals surface area contributed by atoms with Gasteiger partial charge in [-0.2, -0.15) is 0 Å². The zero-order chi connectivity index (χ0) is 20.9. The fourth-order valence-corrected chi connectivity index (χ4v) is 4.16. The number of anilines is 2. The van der Waals surface area contributed by atoms with Crippen LogP contribution in [0.15, 0.2) is 12.1 Å². The van der Waals surface area contributed by atoms with Crippen molar-refractivity contribution in [3.05, 3.63) is 17.7 Å². The number of nitrogens with zero attached hydrogens (tertiary/aromatic N) is 3. The van der Waals surface area contributed by atoms with Crippen LogP contribution in [0.2, 0.25) is 0 Å². The third-order valence-corrected chi connectivity index (χ3v) is 5.72. The first-order valence-corrected chi connectivity index (χ1v) is 11.3. The first kappa shape index (κ1) is 23.6. The van der Waals surface area contributed by atoms with Crippen LogP contribution in [0, 0.1) is 5.41 Å². The topological polar surface area (TPSA) is 64.5 Å². The van der Waals surface area contributed by atoms with E-state index in [2.05, 4.69) is 32.0 Å². The molecule has 2 fully saturated rings. The highest BCUT2D eigenvalue weighted by atomic mass is 16.4. The molecule has 3 heterocycles. The maximum absolute atomic E-state index is 8.51. The largest absolute Gasteiger partial charge is 0.388 e. The normalized spacial score (nSPS) is 17.8. The van der Waals surface area contributed by atoms with Crippen molar-refractivity contribution in [2.45, 2.75) is 57.8 Å². The lowest BCUT2D eigenvalue weighted by atomic mass is 10.1. The fraction of sp³-hybridized carbons (Fsp3) is 0.739. The molecular formula is C23H41N5O. The van der Waals surface area contributed by atoms with E-state index in [4.69, 9.17) is 10.4 Å². The highest BCUT2D eigenvalue weighted by molar-refractivity contribution is 6.02. The minimum atomic E-state index is 0.709. The molecule has 3 rings (SSSR count). The molecule has 2 N–H and O–H groups in total. The Hall–Kier alpha value is -1.66. The van der Waals surface area contributed by atoms with Gasteiger partial charge in [0.15, 0.2) is 0 Å². The molecule has 0 saturated carbocycles. The number of pyridine rings is 1. The molecule has 0 aromatic carbocycles. The predicted octanol–water partition coefficient (Wildman–Crippen LogP) is 4.40. The maximum Gasteiger partial charge on any atom is 0.137 e. The first-order valence-electron chi connectivity index (χ1n) is 11.3. The lowest BCUT2D eigenvalue weighted by Crippen LogP contribution is -2.28. The van der Waals surface area contributed by atoms with Gasteiger partial charge in [0.05, 0.1) is 0 Å². The van der Waals surface area contributed by atoms with Crippen LogP contribution < -0.4 is 10.2 Å². The molecule has 0 radical (unpaired) electrons. The zero-order valence-electron chi connectivity index (χ0n) is 18.8. The summed E-state index contributed by atoms with van der Waals surface area (Å²) in [6.07, 6.45) is 11.1. The van der Waals surface area contributed by atoms with Crippen LogP contribution in [0.1, 0.15) is 63.4 Å². The van der Waals surface area contributed by atoms with E-state index in [9.17, 15) is 0 Å². The second kappa shape index (κ2) is 13.5. The van der Waals surface area contributed by atoms with E-state index < -0.39 is 0 Å². The van der Waals surface area contributed by atoms with Gasteiger partial charge >= 0.3 is 0 Å². The van der Waals surface area contributed by atoms with Crippen molar-refractivity contribution < 1.29 is 4.74 Å². The van der Waals surface area contributed by atoms with E-state index in [1.165, 1.54) is 58.0 Å². The molecule has 29 heavy (non-hydrogen) atoms. The molecule has 2 aliphatic rings. The second-order valence-corrected chi connectivity index (χ2v) is 8.11. The zero-order valence-corrected chi connectivity index (χ0v) is 18.8. The summed E-state index contributed by atoms with van der Waals surface area (Å²) in [6, 6.07) is 4.22. The molecule has 1 aromatic rings. The number of nitrogens with one attached hydrogen (secondary N) is 2. The molecule has 1 aromatic heterocycles. The van der Waals surface area contributed by atoms with Crippen molar-refractivity contribution in [3.8, 4) is 0 Å². The van der Waals surface area contributed by atoms with Crippen LogP contribution in [-0.2, 0) is 4.74 Å². The van der Waals surface area contributed by atoms with Crippen molar-refractivity contribution in [3.63, 3.8) is 0 Å². The average Bonchev–Trinajstić information content (AvgIpc) is 3.21. The Labute approximate surface area is 177 Å². The van der Waals surface area contributed by atoms with Gasteiger partial charge in [0.1, 0.15) is 11.6 Å². The lowest BCUT2D eigenvalue weighted by molar-refractivity contribution is 0.277. The van der Waals surface area contributed by atoms with Gasteiger partial charge in [-0.1, -0.05) is 19.3 Å². The molecule has 0 atom stereocenters. The molecule has 0 unspecified atom stereocenters. The van der Waals surface area contributed by atoms with Crippen molar-refractivity contribution in [2.75, 3.05) is 64.2 Å². The molecule has 0 aliphatic carbocycles. The van der Waals surface area contributed by atoms with Gasteiger partial charge in [-0.25, -0.2) is 4.98 Å². The van der Waals surface area contributed by atoms with Crippen LogP contribution in [0.3, 0.4) is 0 Å². The summed E-state index contributed by atoms with van der Waals surface area (Å²) < 4.78 is 4.25. The fourth-order valence-electron chi connectivity index (χ4n) is 4.16. The molecule has 6 heteroatoms. The summed E-state index contributed by atoms with van der Waals surface area (Å²) in [7, 11) is 5.17. The summed E-state index contributed by atoms with van der Waals surface area (Å²) in [4.78, 5) is 9.80. The van der Waals surface area contributed by atoms with E-state index in [1.807, 2.05) is 7.05 Å². The Morgan fingerprint density at radius 2 is 1.59 bits per heavy atom. The van der Waals surface area contributed by atoms with Crippen LogP contribution in [0.25, 0.3) is 0 Å². The molecule has 0 spiro atoms. The Morgan fingerprint density at radius 1 is 1.00 bits per heavy atom. The van der Waals surface area contributed by atoms with Crippen molar-refractivity contribution >= 4 is 17.3 Å². The number of rotatable bonds is 7. The number of likely N-dealkylation sites (tertiary alicyclic amines) is 1. The molecular weight excluding hydrogens is 362 g/mol. The van der Waals surface area contributed by atoms with Gasteiger partial charge in [0.2, 0.25) is 0 Å². The number of ether oxygens (including phenoxy) is 1. The monoisotopic (exact) mass is 403 g/mol. The number of methoxy groups -OCH3 is 1. The van der Waals surface area contributed by atoms with Crippen LogP contribution in [-0.4, -0.2) is 69.6 Å². The van der Waals surface area contributed by atoms with E-state index in [0.717, 1.165) is 49.7 Å². The van der Waals surface area contributed by atoms with Crippen molar-refractivity contribution in [2.24, 2.45) is 0 Å². The van der Waals surface area contributed by atoms with E-state index in [0.29, 0.717) is 5.71 Å². The summed E-state index contributed by atoms with van der Waals surface area (Å²) in [5.74, 6) is 1.92. The second-order valence-electron chi connectivity index (χ2n) is 8.11. The molecule has 0 amide bonds. The highest BCUT2D eigenvalue weighted by Crippen LogP contribution is 2.23. The molecule has 164 valence electrons. The summed E-state index contributed by atoms with van der Waals surface area (Å²) in [5, 5.41) is 11.7. The Balaban J connectivity index is 0.000000941. The molecule has 0 bridgehead atoms. The number of hydrogen-bond donors (Lipinski definition) is 2. The number of hydrogen-bond acceptors (Lipinski definition) is 6. The van der Waals surface area contributed by atoms with Crippen LogP contribution >= 0.6 is 0 Å². The first-order chi connectivity index (χ1) is 14.2. The Kier molecular flexibility index (Phi) is 11.0. The van der Waals surface area contributed by atoms with Gasteiger partial charge < -0.3 is 25.3 Å². The summed E-state index contributed by atoms with van der Waals surface area (Å²) >= 11 is 0. The van der Waals surface area contributed by atoms with Crippen LogP contribution in [0.4, 0.5) is 11.6 Å². The molecule has 2 aliphatic heterocycles. The molecule has 6 nitrogen and oxygen atoms in total. The smallest absolute Gasteiger partial charge is 0.137 e. The minimum absolute atomic E-state index is 0.709. The van der Waals surface area contributed by atoms with Gasteiger partial charge in [-0.15, -0.1) is 0 Å². The average molecular weight is 404 g/mol. The van der Waals surface area contributed by atoms with Gasteiger partial charge in [-0.05, 0) is 70.3 Å². The standard InChI is InChI=1S/C21H35N5.C2H6O/c1-23-21-18(19(22)10-9-15-25-13-7-8-14-25)11-12-20(24-21)26-16-5-3-2-4-6-17-26;1-3-2/h11-12,22H,2-10,13-17H2,1H3,(H,23,24);1-2H3. The number of aromatic nitrogens is 1. The Morgan fingerprint density at radius 3 is 2.21 bits per heavy atom. The SMILES string of the molecule is CNc1nc(N2CCCCCCC2)ccc1C(=N)CCCN1CCCC1.COC. The minimum Gasteiger partial charge on any atom is -0.388 e. The van der Waals surface area contributed by atoms with E-state index in [1.54, 1.807) is 14.2 Å². The van der Waals surface area contributed by atoms with Crippen LogP contribution in [0.5, 0.6) is 0 Å². The maximum atomic E-state index is 8.51. The summed E-state index contributed by atoms with van der Waals surface area (Å²) in [6.45, 7) is 5.80. The van der Waals surface area contributed by atoms with Gasteiger partial charge in [-0.3, -0.25) is 0 Å². The Bertz CT molecular complexity index is 593. The van der Waals surface area contributed by atoms with Crippen molar-refractivity contribution in [1.29, 1.82) is 5.41 Å². The quantitative estimate of drug-likeness (QED) is 0.661. The third-order valence-electron chi connectivity index (χ3n) is 5.72. The lowest BCUT2D eigenvalue weighted by Gasteiger charge is -2.26. The van der Waals surface area contributed by atoms with E-state index >= 15 is 0 Å². The van der Waals surface area contributed by atoms with E-state index in [-0.39, 0.29) is 0 Å². The third kappa shape index (κ3) is 7.94. The molecule has 2 saturated heterocycles. The predicted molar refractivity (Wildman–Crippen MR) is 124 cm³/mol.